The third kappa shape index (κ3) is 2.04. The number of phenolic OH excluding ortho intramolecular Hbond substituents is 1. The average Bonchev–Trinajstić information content (AvgIpc) is 2.75. The molecule has 0 radical (unpaired) electrons. The van der Waals surface area contributed by atoms with Gasteiger partial charge in [0.05, 0.1) is 7.11 Å². The molecule has 1 aromatic carbocycles. The van der Waals surface area contributed by atoms with Crippen LogP contribution in [0.1, 0.15) is 23.2 Å². The zero-order valence-corrected chi connectivity index (χ0v) is 10.2. The van der Waals surface area contributed by atoms with E-state index in [0.717, 1.165) is 0 Å². The SMILES string of the molecule is COc1cc(-c2noc(C)n2)c(C(C)=O)cc1O. The molecule has 0 spiro atoms. The maximum absolute atomic E-state index is 11.6. The Morgan fingerprint density at radius 3 is 2.67 bits per heavy atom. The van der Waals surface area contributed by atoms with E-state index in [2.05, 4.69) is 10.1 Å². The van der Waals surface area contributed by atoms with Gasteiger partial charge in [0.1, 0.15) is 0 Å². The molecule has 0 unspecified atom stereocenters. The van der Waals surface area contributed by atoms with Gasteiger partial charge in [-0.05, 0) is 19.1 Å². The van der Waals surface area contributed by atoms with Crippen molar-refractivity contribution in [1.29, 1.82) is 0 Å². The number of nitrogens with zero attached hydrogens (tertiary/aromatic N) is 2. The number of ketones is 1. The van der Waals surface area contributed by atoms with Crippen LogP contribution in [0.4, 0.5) is 0 Å². The molecule has 0 atom stereocenters. The molecule has 0 amide bonds. The van der Waals surface area contributed by atoms with Gasteiger partial charge < -0.3 is 14.4 Å². The quantitative estimate of drug-likeness (QED) is 0.835. The van der Waals surface area contributed by atoms with E-state index in [1.54, 1.807) is 6.92 Å². The van der Waals surface area contributed by atoms with Crippen LogP contribution in [-0.4, -0.2) is 28.1 Å². The monoisotopic (exact) mass is 248 g/mol. The minimum atomic E-state index is -0.203. The molecule has 0 fully saturated rings. The molecule has 1 N–H and O–H groups in total. The standard InChI is InChI=1S/C12H12N2O4/c1-6(15)8-4-10(16)11(17-3)5-9(8)12-13-7(2)18-14-12/h4-5,16H,1-3H3. The largest absolute Gasteiger partial charge is 0.504 e. The molecule has 0 aliphatic rings. The van der Waals surface area contributed by atoms with Crippen molar-refractivity contribution < 1.29 is 19.2 Å². The minimum Gasteiger partial charge on any atom is -0.504 e. The van der Waals surface area contributed by atoms with Crippen LogP contribution in [0.25, 0.3) is 11.4 Å². The van der Waals surface area contributed by atoms with Gasteiger partial charge >= 0.3 is 0 Å². The molecule has 6 nitrogen and oxygen atoms in total. The Labute approximate surface area is 103 Å². The van der Waals surface area contributed by atoms with Crippen molar-refractivity contribution >= 4 is 5.78 Å². The lowest BCUT2D eigenvalue weighted by molar-refractivity contribution is 0.101. The fraction of sp³-hybridized carbons (Fsp3) is 0.250. The van der Waals surface area contributed by atoms with Crippen molar-refractivity contribution in [3.8, 4) is 22.9 Å². The first kappa shape index (κ1) is 12.1. The van der Waals surface area contributed by atoms with E-state index in [1.807, 2.05) is 0 Å². The molecule has 94 valence electrons. The van der Waals surface area contributed by atoms with Crippen LogP contribution >= 0.6 is 0 Å². The van der Waals surface area contributed by atoms with E-state index in [0.29, 0.717) is 17.0 Å². The summed E-state index contributed by atoms with van der Waals surface area (Å²) in [6, 6.07) is 2.85. The Morgan fingerprint density at radius 2 is 2.17 bits per heavy atom. The van der Waals surface area contributed by atoms with E-state index >= 15 is 0 Å². The molecular weight excluding hydrogens is 236 g/mol. The number of aryl methyl sites for hydroxylation is 1. The van der Waals surface area contributed by atoms with Crippen molar-refractivity contribution in [3.05, 3.63) is 23.6 Å². The molecule has 0 saturated heterocycles. The highest BCUT2D eigenvalue weighted by Crippen LogP contribution is 2.34. The van der Waals surface area contributed by atoms with Gasteiger partial charge in [-0.3, -0.25) is 4.79 Å². The topological polar surface area (TPSA) is 85.5 Å². The van der Waals surface area contributed by atoms with Gasteiger partial charge in [-0.1, -0.05) is 5.16 Å². The summed E-state index contributed by atoms with van der Waals surface area (Å²) in [5, 5.41) is 13.4. The Kier molecular flexibility index (Phi) is 3.01. The number of aromatic hydroxyl groups is 1. The van der Waals surface area contributed by atoms with Crippen molar-refractivity contribution in [3.63, 3.8) is 0 Å². The van der Waals surface area contributed by atoms with E-state index < -0.39 is 0 Å². The predicted octanol–water partition coefficient (Wildman–Crippen LogP) is 1.96. The molecule has 0 aliphatic heterocycles. The maximum atomic E-state index is 11.6. The number of aromatic nitrogens is 2. The van der Waals surface area contributed by atoms with Crippen LogP contribution in [0.5, 0.6) is 11.5 Å². The summed E-state index contributed by atoms with van der Waals surface area (Å²) in [7, 11) is 1.42. The molecular formula is C12H12N2O4. The highest BCUT2D eigenvalue weighted by Gasteiger charge is 2.18. The lowest BCUT2D eigenvalue weighted by atomic mass is 10.0. The first-order valence-corrected chi connectivity index (χ1v) is 5.25. The van der Waals surface area contributed by atoms with Crippen LogP contribution < -0.4 is 4.74 Å². The van der Waals surface area contributed by atoms with E-state index in [1.165, 1.54) is 26.2 Å². The van der Waals surface area contributed by atoms with Gasteiger partial charge in [0.25, 0.3) is 0 Å². The second-order valence-corrected chi connectivity index (χ2v) is 3.76. The highest BCUT2D eigenvalue weighted by molar-refractivity contribution is 6.00. The van der Waals surface area contributed by atoms with Gasteiger partial charge in [-0.15, -0.1) is 0 Å². The smallest absolute Gasteiger partial charge is 0.223 e. The van der Waals surface area contributed by atoms with Crippen LogP contribution in [0.2, 0.25) is 0 Å². The number of ether oxygens (including phenoxy) is 1. The first-order valence-electron chi connectivity index (χ1n) is 5.25. The number of Topliss-reactive ketones (excluding diaryl/α,β-unsaturated/α-hetero) is 1. The van der Waals surface area contributed by atoms with Crippen molar-refractivity contribution in [2.45, 2.75) is 13.8 Å². The molecule has 0 aliphatic carbocycles. The molecule has 0 saturated carbocycles. The maximum Gasteiger partial charge on any atom is 0.223 e. The Morgan fingerprint density at radius 1 is 1.44 bits per heavy atom. The normalized spacial score (nSPS) is 10.4. The van der Waals surface area contributed by atoms with Gasteiger partial charge in [0.15, 0.2) is 17.3 Å². The molecule has 1 aromatic heterocycles. The number of phenols is 1. The Bertz CT molecular complexity index is 604. The Hall–Kier alpha value is -2.37. The molecule has 18 heavy (non-hydrogen) atoms. The number of hydrogen-bond acceptors (Lipinski definition) is 6. The highest BCUT2D eigenvalue weighted by atomic mass is 16.5. The predicted molar refractivity (Wildman–Crippen MR) is 62.7 cm³/mol. The number of benzene rings is 1. The number of carbonyl (C=O) groups is 1. The van der Waals surface area contributed by atoms with E-state index in [-0.39, 0.29) is 23.1 Å². The fourth-order valence-corrected chi connectivity index (χ4v) is 1.62. The molecule has 1 heterocycles. The minimum absolute atomic E-state index is 0.105. The lowest BCUT2D eigenvalue weighted by Gasteiger charge is -2.08. The summed E-state index contributed by atoms with van der Waals surface area (Å²) < 4.78 is 9.88. The summed E-state index contributed by atoms with van der Waals surface area (Å²) >= 11 is 0. The van der Waals surface area contributed by atoms with E-state index in [9.17, 15) is 9.90 Å². The molecule has 6 heteroatoms. The van der Waals surface area contributed by atoms with Gasteiger partial charge in [0, 0.05) is 18.1 Å². The van der Waals surface area contributed by atoms with Crippen LogP contribution in [0.3, 0.4) is 0 Å². The zero-order valence-electron chi connectivity index (χ0n) is 10.2. The second kappa shape index (κ2) is 4.48. The van der Waals surface area contributed by atoms with Crippen LogP contribution in [0.15, 0.2) is 16.7 Å². The molecule has 0 bridgehead atoms. The summed E-state index contributed by atoms with van der Waals surface area (Å²) in [4.78, 5) is 15.6. The van der Waals surface area contributed by atoms with Crippen molar-refractivity contribution in [2.24, 2.45) is 0 Å². The summed E-state index contributed by atoms with van der Waals surface area (Å²) in [5.74, 6) is 0.622. The van der Waals surface area contributed by atoms with E-state index in [4.69, 9.17) is 9.26 Å². The number of methoxy groups -OCH3 is 1. The lowest BCUT2D eigenvalue weighted by Crippen LogP contribution is -1.98. The second-order valence-electron chi connectivity index (χ2n) is 3.76. The van der Waals surface area contributed by atoms with Crippen molar-refractivity contribution in [1.82, 2.24) is 10.1 Å². The molecule has 2 rings (SSSR count). The summed E-state index contributed by atoms with van der Waals surface area (Å²) in [6.45, 7) is 3.05. The molecule has 2 aromatic rings. The van der Waals surface area contributed by atoms with Gasteiger partial charge in [0.2, 0.25) is 11.7 Å². The number of hydrogen-bond donors (Lipinski definition) is 1. The van der Waals surface area contributed by atoms with Gasteiger partial charge in [-0.25, -0.2) is 0 Å². The first-order chi connectivity index (χ1) is 8.52. The van der Waals surface area contributed by atoms with Crippen LogP contribution in [-0.2, 0) is 0 Å². The summed E-state index contributed by atoms with van der Waals surface area (Å²) in [5.41, 5.74) is 0.781. The van der Waals surface area contributed by atoms with Gasteiger partial charge in [-0.2, -0.15) is 4.98 Å². The average molecular weight is 248 g/mol. The Balaban J connectivity index is 2.66. The number of carbonyl (C=O) groups excluding carboxylic acids is 1. The van der Waals surface area contributed by atoms with Crippen LogP contribution in [0, 0.1) is 6.92 Å². The zero-order chi connectivity index (χ0) is 13.3. The third-order valence-corrected chi connectivity index (χ3v) is 2.47. The van der Waals surface area contributed by atoms with Crippen molar-refractivity contribution in [2.75, 3.05) is 7.11 Å². The number of rotatable bonds is 3. The third-order valence-electron chi connectivity index (χ3n) is 2.47. The fourth-order valence-electron chi connectivity index (χ4n) is 1.62. The summed E-state index contributed by atoms with van der Waals surface area (Å²) in [6.07, 6.45) is 0.